The average molecular weight is 370 g/mol. The van der Waals surface area contributed by atoms with Gasteiger partial charge in [0.15, 0.2) is 4.46 Å². The summed E-state index contributed by atoms with van der Waals surface area (Å²) >= 11 is 41.8. The summed E-state index contributed by atoms with van der Waals surface area (Å²) in [6.45, 7) is 0.655. The molecular formula is C6H8Cl7N3. The number of nitrogens with two attached hydrogens (primary N) is 1. The minimum Gasteiger partial charge on any atom is -0.329 e. The predicted octanol–water partition coefficient (Wildman–Crippen LogP) is 3.11. The van der Waals surface area contributed by atoms with Crippen molar-refractivity contribution in [3.63, 3.8) is 0 Å². The normalized spacial score (nSPS) is 29.2. The van der Waals surface area contributed by atoms with Crippen molar-refractivity contribution in [1.29, 1.82) is 0 Å². The molecule has 0 radical (unpaired) electrons. The van der Waals surface area contributed by atoms with E-state index in [1.165, 1.54) is 4.90 Å². The molecule has 2 N–H and O–H groups in total. The molecule has 0 amide bonds. The van der Waals surface area contributed by atoms with E-state index in [-0.39, 0.29) is 13.1 Å². The van der Waals surface area contributed by atoms with Gasteiger partial charge in [0.25, 0.3) is 0 Å². The molecule has 10 heteroatoms. The maximum Gasteiger partial charge on any atom is 0.233 e. The fourth-order valence-corrected chi connectivity index (χ4v) is 3.24. The molecule has 0 aromatic rings. The van der Waals surface area contributed by atoms with Crippen LogP contribution >= 0.6 is 81.4 Å². The zero-order valence-corrected chi connectivity index (χ0v) is 13.0. The van der Waals surface area contributed by atoms with E-state index in [0.29, 0.717) is 6.54 Å². The minimum absolute atomic E-state index is 0.0466. The number of piperazine rings is 1. The summed E-state index contributed by atoms with van der Waals surface area (Å²) in [6.07, 6.45) is 0. The molecule has 3 nitrogen and oxygen atoms in total. The molecule has 1 aliphatic rings. The van der Waals surface area contributed by atoms with E-state index >= 15 is 0 Å². The Kier molecular flexibility index (Phi) is 5.11. The van der Waals surface area contributed by atoms with Crippen LogP contribution in [0, 0.1) is 0 Å². The van der Waals surface area contributed by atoms with Crippen molar-refractivity contribution >= 4 is 81.4 Å². The molecule has 1 rings (SSSR count). The SMILES string of the molecule is NCCN1CC(Cl)(Cl)N(Cl)C(Cl)(Cl)C1(Cl)Cl. The molecule has 0 aromatic heterocycles. The Bertz CT molecular complexity index is 269. The summed E-state index contributed by atoms with van der Waals surface area (Å²) in [5.74, 6) is 0. The second-order valence-electron chi connectivity index (χ2n) is 3.24. The Balaban J connectivity index is 3.09. The lowest BCUT2D eigenvalue weighted by Gasteiger charge is -2.53. The number of alkyl halides is 6. The standard InChI is InChI=1S/C6H8Cl7N3/c7-4(8)3-15(2-1-14)5(9,10)6(11,12)16(4)13/h1-3,14H2. The average Bonchev–Trinajstić information content (AvgIpc) is 2.13. The third-order valence-electron chi connectivity index (χ3n) is 2.07. The summed E-state index contributed by atoms with van der Waals surface area (Å²) in [6, 6.07) is 0. The van der Waals surface area contributed by atoms with Crippen LogP contribution in [-0.4, -0.2) is 42.3 Å². The van der Waals surface area contributed by atoms with Crippen LogP contribution in [0.1, 0.15) is 0 Å². The van der Waals surface area contributed by atoms with E-state index in [2.05, 4.69) is 0 Å². The number of halogens is 7. The van der Waals surface area contributed by atoms with Gasteiger partial charge in [-0.1, -0.05) is 69.6 Å². The van der Waals surface area contributed by atoms with Gasteiger partial charge in [-0.05, 0) is 11.8 Å². The number of hydrogen-bond donors (Lipinski definition) is 1. The molecule has 0 saturated carbocycles. The number of hydrogen-bond acceptors (Lipinski definition) is 3. The fraction of sp³-hybridized carbons (Fsp3) is 1.00. The summed E-state index contributed by atoms with van der Waals surface area (Å²) in [7, 11) is 0. The molecule has 1 aliphatic heterocycles. The van der Waals surface area contributed by atoms with Crippen LogP contribution in [0.3, 0.4) is 0 Å². The van der Waals surface area contributed by atoms with Crippen LogP contribution in [0.25, 0.3) is 0 Å². The molecular weight excluding hydrogens is 362 g/mol. The van der Waals surface area contributed by atoms with Gasteiger partial charge in [-0.2, -0.15) is 0 Å². The van der Waals surface area contributed by atoms with Gasteiger partial charge in [0.2, 0.25) is 8.91 Å². The lowest BCUT2D eigenvalue weighted by molar-refractivity contribution is 0.0780. The smallest absolute Gasteiger partial charge is 0.233 e. The molecule has 1 fully saturated rings. The van der Waals surface area contributed by atoms with Gasteiger partial charge in [-0.25, -0.2) is 0 Å². The molecule has 0 atom stereocenters. The highest BCUT2D eigenvalue weighted by atomic mass is 35.5. The largest absolute Gasteiger partial charge is 0.329 e. The predicted molar refractivity (Wildman–Crippen MR) is 71.6 cm³/mol. The van der Waals surface area contributed by atoms with Crippen LogP contribution < -0.4 is 5.73 Å². The fourth-order valence-electron chi connectivity index (χ4n) is 1.28. The zero-order chi connectivity index (χ0) is 12.8. The van der Waals surface area contributed by atoms with Crippen LogP contribution in [0.5, 0.6) is 0 Å². The van der Waals surface area contributed by atoms with Crippen molar-refractivity contribution in [2.24, 2.45) is 5.73 Å². The third kappa shape index (κ3) is 2.60. The van der Waals surface area contributed by atoms with Crippen LogP contribution in [0.4, 0.5) is 0 Å². The summed E-state index contributed by atoms with van der Waals surface area (Å²) in [4.78, 5) is 1.45. The second-order valence-corrected chi connectivity index (χ2v) is 7.60. The summed E-state index contributed by atoms with van der Waals surface area (Å²) < 4.78 is -4.30. The van der Waals surface area contributed by atoms with Gasteiger partial charge < -0.3 is 5.73 Å². The molecule has 0 aromatic carbocycles. The minimum atomic E-state index is -1.88. The maximum atomic E-state index is 6.06. The Morgan fingerprint density at radius 2 is 1.50 bits per heavy atom. The zero-order valence-electron chi connectivity index (χ0n) is 7.74. The van der Waals surface area contributed by atoms with Crippen molar-refractivity contribution < 1.29 is 0 Å². The van der Waals surface area contributed by atoms with E-state index in [9.17, 15) is 0 Å². The Morgan fingerprint density at radius 1 is 1.00 bits per heavy atom. The molecule has 0 unspecified atom stereocenters. The van der Waals surface area contributed by atoms with Crippen molar-refractivity contribution in [2.45, 2.75) is 13.4 Å². The number of nitrogens with zero attached hydrogens (tertiary/aromatic N) is 2. The lowest BCUT2D eigenvalue weighted by Crippen LogP contribution is -2.69. The Labute approximate surface area is 129 Å². The first-order valence-corrected chi connectivity index (χ1v) is 6.72. The second kappa shape index (κ2) is 5.12. The first-order chi connectivity index (χ1) is 7.07. The monoisotopic (exact) mass is 367 g/mol. The molecule has 1 saturated heterocycles. The van der Waals surface area contributed by atoms with E-state index in [0.717, 1.165) is 4.42 Å². The van der Waals surface area contributed by atoms with Gasteiger partial charge in [0.05, 0.1) is 0 Å². The van der Waals surface area contributed by atoms with Crippen molar-refractivity contribution in [3.05, 3.63) is 0 Å². The molecule has 96 valence electrons. The highest BCUT2D eigenvalue weighted by Crippen LogP contribution is 2.56. The van der Waals surface area contributed by atoms with Crippen molar-refractivity contribution in [1.82, 2.24) is 9.32 Å². The van der Waals surface area contributed by atoms with Gasteiger partial charge in [0.1, 0.15) is 0 Å². The van der Waals surface area contributed by atoms with E-state index in [1.807, 2.05) is 0 Å². The molecule has 0 aliphatic carbocycles. The van der Waals surface area contributed by atoms with Crippen LogP contribution in [0.15, 0.2) is 0 Å². The topological polar surface area (TPSA) is 32.5 Å². The van der Waals surface area contributed by atoms with E-state index in [4.69, 9.17) is 87.1 Å². The van der Waals surface area contributed by atoms with Crippen molar-refractivity contribution in [3.8, 4) is 0 Å². The molecule has 16 heavy (non-hydrogen) atoms. The lowest BCUT2D eigenvalue weighted by atomic mass is 10.3. The maximum absolute atomic E-state index is 6.06. The molecule has 0 spiro atoms. The van der Waals surface area contributed by atoms with Gasteiger partial charge >= 0.3 is 0 Å². The quantitative estimate of drug-likeness (QED) is 0.461. The highest BCUT2D eigenvalue weighted by Gasteiger charge is 2.64. The third-order valence-corrected chi connectivity index (χ3v) is 5.84. The van der Waals surface area contributed by atoms with Crippen LogP contribution in [0.2, 0.25) is 0 Å². The molecule has 1 heterocycles. The van der Waals surface area contributed by atoms with E-state index < -0.39 is 13.4 Å². The molecule has 0 bridgehead atoms. The first-order valence-electron chi connectivity index (χ1n) is 4.12. The first kappa shape index (κ1) is 16.0. The van der Waals surface area contributed by atoms with Crippen LogP contribution in [-0.2, 0) is 0 Å². The highest BCUT2D eigenvalue weighted by molar-refractivity contribution is 6.64. The van der Waals surface area contributed by atoms with Gasteiger partial charge in [0, 0.05) is 19.6 Å². The summed E-state index contributed by atoms with van der Waals surface area (Å²) in [5.41, 5.74) is 5.41. The number of rotatable bonds is 2. The summed E-state index contributed by atoms with van der Waals surface area (Å²) in [5, 5.41) is 0. The van der Waals surface area contributed by atoms with Gasteiger partial charge in [-0.15, -0.1) is 4.42 Å². The Hall–Kier alpha value is 1.91. The van der Waals surface area contributed by atoms with Crippen molar-refractivity contribution in [2.75, 3.05) is 19.6 Å². The van der Waals surface area contributed by atoms with E-state index in [1.54, 1.807) is 0 Å². The van der Waals surface area contributed by atoms with Gasteiger partial charge in [-0.3, -0.25) is 4.90 Å². The Morgan fingerprint density at radius 3 is 1.94 bits per heavy atom.